The summed E-state index contributed by atoms with van der Waals surface area (Å²) in [4.78, 5) is 11.8. The van der Waals surface area contributed by atoms with Crippen LogP contribution in [0.3, 0.4) is 0 Å². The number of hydrogen-bond acceptors (Lipinski definition) is 6. The number of aromatic hydroxyl groups is 2. The average Bonchev–Trinajstić information content (AvgIpc) is 2.67. The largest absolute Gasteiger partial charge is 0.507 e. The summed E-state index contributed by atoms with van der Waals surface area (Å²) >= 11 is 0. The molecule has 1 unspecified atom stereocenters. The standard InChI is InChI=1S/C22H22O6/c1-12(2)4-9-15-17(24)10-18(25)19-16(11-23)20(26)21(28-22(15)19)13-5-7-14(27-3)8-6-13/h4-8,10-11,16,24-26H,9H2,1-3H3. The summed E-state index contributed by atoms with van der Waals surface area (Å²) in [7, 11) is 1.54. The fraction of sp³-hybridized carbons (Fsp3) is 0.227. The summed E-state index contributed by atoms with van der Waals surface area (Å²) in [5, 5.41) is 31.3. The molecule has 0 amide bonds. The number of hydrogen-bond donors (Lipinski definition) is 3. The van der Waals surface area contributed by atoms with E-state index in [9.17, 15) is 20.1 Å². The Morgan fingerprint density at radius 3 is 2.39 bits per heavy atom. The van der Waals surface area contributed by atoms with Gasteiger partial charge < -0.3 is 29.6 Å². The number of carbonyl (C=O) groups excluding carboxylic acids is 1. The van der Waals surface area contributed by atoms with Crippen molar-refractivity contribution >= 4 is 12.0 Å². The van der Waals surface area contributed by atoms with E-state index in [1.807, 2.05) is 19.9 Å². The highest BCUT2D eigenvalue weighted by molar-refractivity contribution is 5.82. The number of aliphatic hydroxyl groups is 1. The number of phenols is 2. The van der Waals surface area contributed by atoms with Gasteiger partial charge in [-0.1, -0.05) is 11.6 Å². The molecule has 2 aromatic carbocycles. The summed E-state index contributed by atoms with van der Waals surface area (Å²) in [5.41, 5.74) is 2.14. The Morgan fingerprint density at radius 1 is 1.14 bits per heavy atom. The fourth-order valence-corrected chi connectivity index (χ4v) is 3.12. The van der Waals surface area contributed by atoms with Crippen molar-refractivity contribution in [3.63, 3.8) is 0 Å². The number of allylic oxidation sites excluding steroid dienone is 3. The number of aliphatic hydroxyl groups excluding tert-OH is 1. The molecule has 2 aromatic rings. The Hall–Kier alpha value is -3.41. The van der Waals surface area contributed by atoms with Crippen molar-refractivity contribution in [2.24, 2.45) is 0 Å². The van der Waals surface area contributed by atoms with Gasteiger partial charge in [-0.2, -0.15) is 0 Å². The molecule has 146 valence electrons. The van der Waals surface area contributed by atoms with Crippen molar-refractivity contribution in [3.05, 3.63) is 64.4 Å². The van der Waals surface area contributed by atoms with E-state index in [1.54, 1.807) is 31.4 Å². The van der Waals surface area contributed by atoms with Crippen LogP contribution < -0.4 is 9.47 Å². The number of benzene rings is 2. The van der Waals surface area contributed by atoms with Crippen molar-refractivity contribution in [1.82, 2.24) is 0 Å². The van der Waals surface area contributed by atoms with Crippen LogP contribution >= 0.6 is 0 Å². The molecule has 0 spiro atoms. The maximum atomic E-state index is 11.8. The molecule has 1 heterocycles. The van der Waals surface area contributed by atoms with Crippen LogP contribution in [-0.4, -0.2) is 28.7 Å². The highest BCUT2D eigenvalue weighted by atomic mass is 16.5. The lowest BCUT2D eigenvalue weighted by Crippen LogP contribution is -2.17. The van der Waals surface area contributed by atoms with Crippen LogP contribution in [0.2, 0.25) is 0 Å². The predicted molar refractivity (Wildman–Crippen MR) is 105 cm³/mol. The van der Waals surface area contributed by atoms with Crippen molar-refractivity contribution in [2.75, 3.05) is 7.11 Å². The molecule has 1 aliphatic rings. The van der Waals surface area contributed by atoms with E-state index in [0.29, 0.717) is 29.6 Å². The van der Waals surface area contributed by atoms with Crippen LogP contribution in [0, 0.1) is 0 Å². The first-order chi connectivity index (χ1) is 13.4. The maximum Gasteiger partial charge on any atom is 0.173 e. The first kappa shape index (κ1) is 19.4. The molecule has 0 radical (unpaired) electrons. The molecule has 3 N–H and O–H groups in total. The van der Waals surface area contributed by atoms with E-state index in [0.717, 1.165) is 5.57 Å². The molecule has 0 saturated carbocycles. The van der Waals surface area contributed by atoms with E-state index < -0.39 is 5.92 Å². The molecule has 6 heteroatoms. The zero-order valence-electron chi connectivity index (χ0n) is 15.9. The van der Waals surface area contributed by atoms with Gasteiger partial charge in [0.05, 0.1) is 12.7 Å². The van der Waals surface area contributed by atoms with Crippen LogP contribution in [0.25, 0.3) is 5.76 Å². The highest BCUT2D eigenvalue weighted by Gasteiger charge is 2.35. The van der Waals surface area contributed by atoms with E-state index in [2.05, 4.69) is 0 Å². The molecule has 0 fully saturated rings. The normalized spacial score (nSPS) is 15.5. The van der Waals surface area contributed by atoms with Gasteiger partial charge in [0.1, 0.15) is 35.2 Å². The van der Waals surface area contributed by atoms with Gasteiger partial charge in [-0.05, 0) is 44.5 Å². The minimum atomic E-state index is -1.10. The Morgan fingerprint density at radius 2 is 1.82 bits per heavy atom. The van der Waals surface area contributed by atoms with Gasteiger partial charge in [-0.25, -0.2) is 0 Å². The monoisotopic (exact) mass is 382 g/mol. The molecule has 3 rings (SSSR count). The van der Waals surface area contributed by atoms with E-state index in [4.69, 9.17) is 9.47 Å². The first-order valence-electron chi connectivity index (χ1n) is 8.79. The Balaban J connectivity index is 2.18. The van der Waals surface area contributed by atoms with Gasteiger partial charge in [0, 0.05) is 17.2 Å². The van der Waals surface area contributed by atoms with Gasteiger partial charge in [0.25, 0.3) is 0 Å². The molecule has 0 saturated heterocycles. The number of fused-ring (bicyclic) bond motifs is 1. The second-order valence-electron chi connectivity index (χ2n) is 6.78. The molecule has 6 nitrogen and oxygen atoms in total. The fourth-order valence-electron chi connectivity index (χ4n) is 3.12. The average molecular weight is 382 g/mol. The molecular weight excluding hydrogens is 360 g/mol. The summed E-state index contributed by atoms with van der Waals surface area (Å²) in [6.07, 6.45) is 2.79. The van der Waals surface area contributed by atoms with Crippen LogP contribution in [0.5, 0.6) is 23.0 Å². The van der Waals surface area contributed by atoms with Crippen LogP contribution in [0.15, 0.2) is 47.7 Å². The van der Waals surface area contributed by atoms with E-state index in [1.165, 1.54) is 6.07 Å². The maximum absolute atomic E-state index is 11.8. The summed E-state index contributed by atoms with van der Waals surface area (Å²) < 4.78 is 11.1. The second-order valence-corrected chi connectivity index (χ2v) is 6.78. The molecule has 0 bridgehead atoms. The van der Waals surface area contributed by atoms with E-state index >= 15 is 0 Å². The number of phenolic OH excluding ortho intramolecular Hbond substituents is 2. The van der Waals surface area contributed by atoms with Crippen LogP contribution in [0.1, 0.15) is 36.5 Å². The Kier molecular flexibility index (Phi) is 5.31. The van der Waals surface area contributed by atoms with Crippen molar-refractivity contribution in [3.8, 4) is 23.0 Å². The predicted octanol–water partition coefficient (Wildman–Crippen LogP) is 4.22. The minimum Gasteiger partial charge on any atom is -0.507 e. The van der Waals surface area contributed by atoms with Gasteiger partial charge in [-0.3, -0.25) is 0 Å². The SMILES string of the molecule is COc1ccc(C2=C(O)C(C=O)c3c(O)cc(O)c(CC=C(C)C)c3O2)cc1. The lowest BCUT2D eigenvalue weighted by Gasteiger charge is -2.27. The number of methoxy groups -OCH3 is 1. The third-order valence-electron chi connectivity index (χ3n) is 4.62. The molecule has 28 heavy (non-hydrogen) atoms. The van der Waals surface area contributed by atoms with Crippen LogP contribution in [-0.2, 0) is 11.2 Å². The van der Waals surface area contributed by atoms with Gasteiger partial charge in [-0.15, -0.1) is 0 Å². The zero-order chi connectivity index (χ0) is 20.4. The van der Waals surface area contributed by atoms with Crippen LogP contribution in [0.4, 0.5) is 0 Å². The van der Waals surface area contributed by atoms with Gasteiger partial charge >= 0.3 is 0 Å². The smallest absolute Gasteiger partial charge is 0.173 e. The summed E-state index contributed by atoms with van der Waals surface area (Å²) in [5.74, 6) is -0.966. The molecule has 1 aliphatic heterocycles. The van der Waals surface area contributed by atoms with Crippen molar-refractivity contribution in [1.29, 1.82) is 0 Å². The lowest BCUT2D eigenvalue weighted by atomic mass is 9.89. The number of rotatable bonds is 5. The third kappa shape index (κ3) is 3.41. The molecule has 0 aromatic heterocycles. The van der Waals surface area contributed by atoms with Crippen molar-refractivity contribution < 1.29 is 29.6 Å². The minimum absolute atomic E-state index is 0.0932. The second kappa shape index (κ2) is 7.68. The molecule has 1 atom stereocenters. The number of ether oxygens (including phenoxy) is 2. The lowest BCUT2D eigenvalue weighted by molar-refractivity contribution is -0.109. The quantitative estimate of drug-likeness (QED) is 0.529. The zero-order valence-corrected chi connectivity index (χ0v) is 15.9. The summed E-state index contributed by atoms with van der Waals surface area (Å²) in [6.45, 7) is 3.85. The van der Waals surface area contributed by atoms with Gasteiger partial charge in [0.15, 0.2) is 11.5 Å². The topological polar surface area (TPSA) is 96.2 Å². The van der Waals surface area contributed by atoms with E-state index in [-0.39, 0.29) is 34.3 Å². The molecule has 0 aliphatic carbocycles. The van der Waals surface area contributed by atoms with Crippen molar-refractivity contribution in [2.45, 2.75) is 26.2 Å². The van der Waals surface area contributed by atoms with Gasteiger partial charge in [0.2, 0.25) is 0 Å². The summed E-state index contributed by atoms with van der Waals surface area (Å²) in [6, 6.07) is 7.95. The Labute approximate surface area is 163 Å². The highest BCUT2D eigenvalue weighted by Crippen LogP contribution is 2.49. The first-order valence-corrected chi connectivity index (χ1v) is 8.79. The number of carbonyl (C=O) groups is 1. The third-order valence-corrected chi connectivity index (χ3v) is 4.62. The molecular formula is C22H22O6. The number of aldehydes is 1. The Bertz CT molecular complexity index is 966.